The van der Waals surface area contributed by atoms with E-state index in [2.05, 4.69) is 19.7 Å². The number of phenolic OH excluding ortho intramolecular Hbond substituents is 1. The SMILES string of the molecule is COc1ccc(N=Nc2c(S(=O)(=O)O)cc3ccc(NC(C)=O)cc3c2O)cc1S(=O)(=O)CCOS(=O)(=O)O.[Na].[Na]. The van der Waals surface area contributed by atoms with Crippen molar-refractivity contribution in [3.63, 3.8) is 0 Å². The number of fused-ring (bicyclic) bond motifs is 1. The monoisotopic (exact) mass is 649 g/mol. The Morgan fingerprint density at radius 2 is 1.59 bits per heavy atom. The molecule has 3 aromatic carbocycles. The molecule has 0 fully saturated rings. The molecule has 0 saturated carbocycles. The van der Waals surface area contributed by atoms with E-state index < -0.39 is 69.8 Å². The van der Waals surface area contributed by atoms with E-state index in [-0.39, 0.29) is 87.0 Å². The quantitative estimate of drug-likeness (QED) is 0.140. The van der Waals surface area contributed by atoms with Crippen LogP contribution in [-0.4, -0.2) is 124 Å². The van der Waals surface area contributed by atoms with Gasteiger partial charge in [-0.15, -0.1) is 5.11 Å². The number of hydrogen-bond donors (Lipinski definition) is 4. The van der Waals surface area contributed by atoms with Crippen molar-refractivity contribution >= 4 is 123 Å². The first kappa shape index (κ1) is 37.3. The van der Waals surface area contributed by atoms with Gasteiger partial charge in [0, 0.05) is 77.1 Å². The molecule has 15 nitrogen and oxygen atoms in total. The maximum Gasteiger partial charge on any atom is 0.397 e. The van der Waals surface area contributed by atoms with Gasteiger partial charge in [0.25, 0.3) is 10.1 Å². The van der Waals surface area contributed by atoms with Crippen LogP contribution in [0.3, 0.4) is 0 Å². The van der Waals surface area contributed by atoms with Gasteiger partial charge in [-0.25, -0.2) is 12.6 Å². The number of benzene rings is 3. The Morgan fingerprint density at radius 1 is 0.927 bits per heavy atom. The molecule has 20 heteroatoms. The zero-order valence-corrected chi connectivity index (χ0v) is 28.5. The van der Waals surface area contributed by atoms with Crippen LogP contribution in [0.1, 0.15) is 6.92 Å². The molecule has 0 aromatic heterocycles. The number of hydrogen-bond acceptors (Lipinski definition) is 12. The van der Waals surface area contributed by atoms with E-state index in [4.69, 9.17) is 9.29 Å². The van der Waals surface area contributed by atoms with Crippen LogP contribution in [-0.2, 0) is 39.3 Å². The molecule has 2 radical (unpaired) electrons. The third kappa shape index (κ3) is 9.94. The smallest absolute Gasteiger partial charge is 0.397 e. The molecule has 3 rings (SSSR count). The molecule has 3 aromatic rings. The van der Waals surface area contributed by atoms with E-state index in [0.29, 0.717) is 0 Å². The molecule has 0 aliphatic heterocycles. The van der Waals surface area contributed by atoms with E-state index in [1.165, 1.54) is 44.4 Å². The molecule has 4 N–H and O–H groups in total. The number of sulfone groups is 1. The first-order valence-corrected chi connectivity index (χ1v) is 15.0. The number of methoxy groups -OCH3 is 1. The average Bonchev–Trinajstić information content (AvgIpc) is 2.81. The summed E-state index contributed by atoms with van der Waals surface area (Å²) < 4.78 is 98.4. The van der Waals surface area contributed by atoms with Gasteiger partial charge in [0.15, 0.2) is 15.6 Å². The summed E-state index contributed by atoms with van der Waals surface area (Å²) >= 11 is 0. The van der Waals surface area contributed by atoms with Gasteiger partial charge in [0.2, 0.25) is 5.91 Å². The minimum atomic E-state index is -4.93. The summed E-state index contributed by atoms with van der Waals surface area (Å²) in [5.41, 5.74) is -0.569. The van der Waals surface area contributed by atoms with Crippen LogP contribution in [0.25, 0.3) is 10.8 Å². The number of rotatable bonds is 10. The predicted molar refractivity (Wildman–Crippen MR) is 148 cm³/mol. The second kappa shape index (κ2) is 14.7. The van der Waals surface area contributed by atoms with Crippen LogP contribution >= 0.6 is 0 Å². The van der Waals surface area contributed by atoms with Gasteiger partial charge in [-0.05, 0) is 41.8 Å². The maximum absolute atomic E-state index is 12.7. The summed E-state index contributed by atoms with van der Waals surface area (Å²) in [7, 11) is -12.9. The fourth-order valence-corrected chi connectivity index (χ4v) is 5.69. The molecule has 0 bridgehead atoms. The van der Waals surface area contributed by atoms with Crippen molar-refractivity contribution in [1.29, 1.82) is 0 Å². The number of nitrogens with zero attached hydrogens (tertiary/aromatic N) is 2. The van der Waals surface area contributed by atoms with Crippen molar-refractivity contribution in [3.05, 3.63) is 42.5 Å². The molecule has 212 valence electrons. The Labute approximate surface area is 279 Å². The topological polar surface area (TPSA) is 235 Å². The molecule has 41 heavy (non-hydrogen) atoms. The Balaban J connectivity index is 0.00000420. The predicted octanol–water partition coefficient (Wildman–Crippen LogP) is 2.01. The second-order valence-corrected chi connectivity index (χ2v) is 12.3. The largest absolute Gasteiger partial charge is 0.505 e. The van der Waals surface area contributed by atoms with Gasteiger partial charge in [-0.1, -0.05) is 6.07 Å². The minimum Gasteiger partial charge on any atom is -0.505 e. The molecule has 0 saturated heterocycles. The van der Waals surface area contributed by atoms with Crippen molar-refractivity contribution in [2.75, 3.05) is 24.8 Å². The molecule has 0 unspecified atom stereocenters. The number of ether oxygens (including phenoxy) is 1. The van der Waals surface area contributed by atoms with Crippen LogP contribution in [0.5, 0.6) is 11.5 Å². The van der Waals surface area contributed by atoms with Gasteiger partial charge < -0.3 is 15.2 Å². The summed E-state index contributed by atoms with van der Waals surface area (Å²) in [6.07, 6.45) is 0. The number of aromatic hydroxyl groups is 1. The molecular formula is C21H21N3Na2O12S3. The Hall–Kier alpha value is -1.68. The standard InChI is InChI=1S/C21H21N3O12S3.2Na/c1-12(25)22-14-4-3-13-9-19(38(29,30)31)20(21(26)16(13)10-14)24-23-15-5-6-17(35-2)18(11-15)37(27,28)8-7-36-39(32,33)34;;/h3-6,9-11,26H,7-8H2,1-2H3,(H,22,25)(H,29,30,31)(H,32,33,34);;. The number of nitrogens with one attached hydrogen (secondary N) is 1. The number of phenols is 1. The van der Waals surface area contributed by atoms with Gasteiger partial charge in [-0.2, -0.15) is 21.9 Å². The van der Waals surface area contributed by atoms with Crippen molar-refractivity contribution in [3.8, 4) is 11.5 Å². The van der Waals surface area contributed by atoms with Gasteiger partial charge >= 0.3 is 10.4 Å². The number of carbonyl (C=O) groups is 1. The summed E-state index contributed by atoms with van der Waals surface area (Å²) in [4.78, 5) is 10.1. The summed E-state index contributed by atoms with van der Waals surface area (Å²) in [5, 5.41) is 21.1. The van der Waals surface area contributed by atoms with E-state index in [0.717, 1.165) is 12.1 Å². The first-order chi connectivity index (χ1) is 18.0. The van der Waals surface area contributed by atoms with Crippen LogP contribution in [0.15, 0.2) is 62.5 Å². The van der Waals surface area contributed by atoms with Crippen molar-refractivity contribution in [2.45, 2.75) is 16.7 Å². The van der Waals surface area contributed by atoms with Crippen LogP contribution in [0.2, 0.25) is 0 Å². The summed E-state index contributed by atoms with van der Waals surface area (Å²) in [6.45, 7) is 0.356. The zero-order chi connectivity index (χ0) is 29.2. The van der Waals surface area contributed by atoms with Crippen LogP contribution in [0.4, 0.5) is 17.1 Å². The third-order valence-corrected chi connectivity index (χ3v) is 8.01. The number of carbonyl (C=O) groups excluding carboxylic acids is 1. The minimum absolute atomic E-state index is 0. The first-order valence-electron chi connectivity index (χ1n) is 10.5. The van der Waals surface area contributed by atoms with Gasteiger partial charge in [-0.3, -0.25) is 13.9 Å². The normalized spacial score (nSPS) is 12.0. The fraction of sp³-hybridized carbons (Fsp3) is 0.190. The van der Waals surface area contributed by atoms with Crippen LogP contribution < -0.4 is 10.1 Å². The molecule has 0 aliphatic carbocycles. The third-order valence-electron chi connectivity index (χ3n) is 4.98. The Kier molecular flexibility index (Phi) is 13.4. The van der Waals surface area contributed by atoms with E-state index in [1.807, 2.05) is 0 Å². The van der Waals surface area contributed by atoms with E-state index in [1.54, 1.807) is 0 Å². The van der Waals surface area contributed by atoms with Crippen LogP contribution in [0, 0.1) is 0 Å². The van der Waals surface area contributed by atoms with Gasteiger partial charge in [0.05, 0.1) is 25.2 Å². The van der Waals surface area contributed by atoms with E-state index >= 15 is 0 Å². The van der Waals surface area contributed by atoms with Gasteiger partial charge in [0.1, 0.15) is 21.2 Å². The summed E-state index contributed by atoms with van der Waals surface area (Å²) in [6, 6.07) is 8.61. The zero-order valence-electron chi connectivity index (χ0n) is 22.1. The van der Waals surface area contributed by atoms with Crippen molar-refractivity contribution < 1.29 is 53.2 Å². The number of azo groups is 1. The number of amides is 1. The van der Waals surface area contributed by atoms with Crippen molar-refractivity contribution in [2.24, 2.45) is 10.2 Å². The molecule has 0 heterocycles. The molecule has 0 aliphatic rings. The molecule has 0 atom stereocenters. The Bertz CT molecular complexity index is 1810. The maximum atomic E-state index is 12.7. The Morgan fingerprint density at radius 3 is 2.15 bits per heavy atom. The molecular weight excluding hydrogens is 628 g/mol. The molecule has 0 spiro atoms. The second-order valence-electron chi connectivity index (χ2n) is 7.77. The molecule has 1 amide bonds. The van der Waals surface area contributed by atoms with Crippen molar-refractivity contribution in [1.82, 2.24) is 0 Å². The van der Waals surface area contributed by atoms with E-state index in [9.17, 15) is 39.7 Å². The summed E-state index contributed by atoms with van der Waals surface area (Å²) in [5.74, 6) is -2.14. The average molecular weight is 650 g/mol. The fourth-order valence-electron chi connectivity index (χ4n) is 3.35. The number of anilines is 1.